The van der Waals surface area contributed by atoms with Gasteiger partial charge in [0.15, 0.2) is 0 Å². The van der Waals surface area contributed by atoms with Crippen LogP contribution in [0.4, 0.5) is 0 Å². The number of nitrogens with zero attached hydrogens (tertiary/aromatic N) is 1. The van der Waals surface area contributed by atoms with E-state index in [0.717, 1.165) is 28.9 Å². The largest absolute Gasteiger partial charge is 0.342 e. The molecule has 1 aromatic carbocycles. The highest BCUT2D eigenvalue weighted by atomic mass is 16.1. The molecule has 0 saturated carbocycles. The van der Waals surface area contributed by atoms with Gasteiger partial charge in [0.25, 0.3) is 0 Å². The fraction of sp³-hybridized carbons (Fsp3) is 0.412. The van der Waals surface area contributed by atoms with Crippen LogP contribution >= 0.6 is 0 Å². The Morgan fingerprint density at radius 1 is 1.38 bits per heavy atom. The number of hydrogen-bond acceptors (Lipinski definition) is 2. The van der Waals surface area contributed by atoms with Gasteiger partial charge in [-0.05, 0) is 31.4 Å². The predicted octanol–water partition coefficient (Wildman–Crippen LogP) is 3.73. The minimum absolute atomic E-state index is 0.0315. The number of benzene rings is 1. The lowest BCUT2D eigenvalue weighted by Gasteiger charge is -2.20. The molecule has 1 atom stereocenters. The molecule has 2 N–H and O–H groups in total. The van der Waals surface area contributed by atoms with Crippen molar-refractivity contribution in [3.63, 3.8) is 0 Å². The first kappa shape index (κ1) is 15.3. The van der Waals surface area contributed by atoms with Gasteiger partial charge < -0.3 is 10.3 Å². The molecule has 2 aromatic rings. The summed E-state index contributed by atoms with van der Waals surface area (Å²) in [6.45, 7) is 8.03. The number of nitrogens with one attached hydrogen (secondary N) is 2. The van der Waals surface area contributed by atoms with Crippen molar-refractivity contribution in [1.29, 1.82) is 0 Å². The summed E-state index contributed by atoms with van der Waals surface area (Å²) in [5.41, 5.74) is 2.67. The average Bonchev–Trinajstić information content (AvgIpc) is 2.87. The van der Waals surface area contributed by atoms with Gasteiger partial charge in [-0.25, -0.2) is 4.98 Å². The summed E-state index contributed by atoms with van der Waals surface area (Å²) in [5.74, 6) is 1.03. The van der Waals surface area contributed by atoms with Crippen molar-refractivity contribution in [1.82, 2.24) is 15.3 Å². The number of imidazole rings is 1. The molecule has 1 amide bonds. The molecule has 0 fully saturated rings. The number of hydrogen-bond donors (Lipinski definition) is 2. The second-order valence-corrected chi connectivity index (χ2v) is 5.63. The van der Waals surface area contributed by atoms with Crippen LogP contribution in [0.25, 0.3) is 11.0 Å². The molecule has 0 bridgehead atoms. The quantitative estimate of drug-likeness (QED) is 0.822. The third-order valence-electron chi connectivity index (χ3n) is 3.52. The van der Waals surface area contributed by atoms with Gasteiger partial charge in [-0.2, -0.15) is 0 Å². The third-order valence-corrected chi connectivity index (χ3v) is 3.52. The normalized spacial score (nSPS) is 13.7. The average molecular weight is 285 g/mol. The van der Waals surface area contributed by atoms with Gasteiger partial charge in [0.2, 0.25) is 5.91 Å². The van der Waals surface area contributed by atoms with Crippen molar-refractivity contribution in [2.75, 3.05) is 0 Å². The van der Waals surface area contributed by atoms with Crippen LogP contribution in [0.1, 0.15) is 46.0 Å². The summed E-state index contributed by atoms with van der Waals surface area (Å²) in [6, 6.07) is 7.78. The topological polar surface area (TPSA) is 57.8 Å². The van der Waals surface area contributed by atoms with Crippen molar-refractivity contribution in [3.8, 4) is 0 Å². The van der Waals surface area contributed by atoms with Crippen LogP contribution in [0.3, 0.4) is 0 Å². The van der Waals surface area contributed by atoms with Crippen LogP contribution in [-0.2, 0) is 4.79 Å². The highest BCUT2D eigenvalue weighted by molar-refractivity contribution is 5.93. The van der Waals surface area contributed by atoms with Gasteiger partial charge >= 0.3 is 0 Å². The number of fused-ring (bicyclic) bond motifs is 1. The zero-order chi connectivity index (χ0) is 15.4. The van der Waals surface area contributed by atoms with E-state index < -0.39 is 0 Å². The fourth-order valence-corrected chi connectivity index (χ4v) is 2.32. The first-order chi connectivity index (χ1) is 10.0. The number of amides is 1. The van der Waals surface area contributed by atoms with Gasteiger partial charge in [-0.3, -0.25) is 4.79 Å². The lowest BCUT2D eigenvalue weighted by molar-refractivity contribution is -0.118. The molecule has 1 unspecified atom stereocenters. The monoisotopic (exact) mass is 285 g/mol. The van der Waals surface area contributed by atoms with Crippen LogP contribution < -0.4 is 5.32 Å². The van der Waals surface area contributed by atoms with Gasteiger partial charge in [0.05, 0.1) is 17.1 Å². The maximum absolute atomic E-state index is 12.2. The van der Waals surface area contributed by atoms with E-state index in [9.17, 15) is 4.79 Å². The van der Waals surface area contributed by atoms with E-state index in [4.69, 9.17) is 0 Å². The molecule has 0 radical (unpaired) electrons. The van der Waals surface area contributed by atoms with Gasteiger partial charge in [0.1, 0.15) is 5.82 Å². The number of H-pyrrole nitrogens is 1. The summed E-state index contributed by atoms with van der Waals surface area (Å²) >= 11 is 0. The van der Waals surface area contributed by atoms with Crippen LogP contribution in [0.15, 0.2) is 35.9 Å². The minimum Gasteiger partial charge on any atom is -0.342 e. The number of aromatic nitrogens is 2. The Morgan fingerprint density at radius 2 is 2.10 bits per heavy atom. The second kappa shape index (κ2) is 6.57. The van der Waals surface area contributed by atoms with E-state index in [-0.39, 0.29) is 17.9 Å². The standard InChI is InChI=1S/C17H23N3O/c1-5-8-12(4)17(21)20-15(11(2)3)16-18-13-9-6-7-10-14(13)19-16/h6-11,15H,5H2,1-4H3,(H,18,19)(H,20,21)/b12-8-. The minimum atomic E-state index is -0.120. The summed E-state index contributed by atoms with van der Waals surface area (Å²) in [7, 11) is 0. The van der Waals surface area contributed by atoms with Crippen LogP contribution in [0.2, 0.25) is 0 Å². The smallest absolute Gasteiger partial charge is 0.247 e. The lowest BCUT2D eigenvalue weighted by atomic mass is 10.0. The Balaban J connectivity index is 2.27. The molecule has 0 aliphatic heterocycles. The maximum atomic E-state index is 12.2. The van der Waals surface area contributed by atoms with Crippen molar-refractivity contribution in [2.24, 2.45) is 5.92 Å². The van der Waals surface area contributed by atoms with E-state index in [1.165, 1.54) is 0 Å². The van der Waals surface area contributed by atoms with E-state index in [2.05, 4.69) is 29.1 Å². The summed E-state index contributed by atoms with van der Waals surface area (Å²) < 4.78 is 0. The van der Waals surface area contributed by atoms with E-state index in [1.807, 2.05) is 44.2 Å². The third kappa shape index (κ3) is 3.51. The molecule has 2 rings (SSSR count). The Hall–Kier alpha value is -2.10. The Bertz CT molecular complexity index is 622. The molecule has 112 valence electrons. The highest BCUT2D eigenvalue weighted by Crippen LogP contribution is 2.22. The lowest BCUT2D eigenvalue weighted by Crippen LogP contribution is -2.33. The number of aromatic amines is 1. The molecule has 0 aliphatic carbocycles. The number of carbonyl (C=O) groups excluding carboxylic acids is 1. The summed E-state index contributed by atoms with van der Waals surface area (Å²) in [6.07, 6.45) is 2.79. The van der Waals surface area contributed by atoms with E-state index >= 15 is 0 Å². The Morgan fingerprint density at radius 3 is 2.71 bits per heavy atom. The number of carbonyl (C=O) groups is 1. The fourth-order valence-electron chi connectivity index (χ4n) is 2.32. The number of allylic oxidation sites excluding steroid dienone is 1. The Labute approximate surface area is 125 Å². The van der Waals surface area contributed by atoms with Crippen molar-refractivity contribution < 1.29 is 4.79 Å². The van der Waals surface area contributed by atoms with Gasteiger partial charge in [-0.15, -0.1) is 0 Å². The first-order valence-electron chi connectivity index (χ1n) is 7.45. The van der Waals surface area contributed by atoms with Crippen LogP contribution in [0.5, 0.6) is 0 Å². The molecule has 4 heteroatoms. The van der Waals surface area contributed by atoms with Crippen molar-refractivity contribution in [2.45, 2.75) is 40.2 Å². The van der Waals surface area contributed by atoms with Gasteiger partial charge in [-0.1, -0.05) is 39.0 Å². The molecule has 0 aliphatic rings. The number of rotatable bonds is 5. The first-order valence-corrected chi connectivity index (χ1v) is 7.45. The SMILES string of the molecule is CC/C=C(/C)C(=O)NC(c1nc2ccccc2[nH]1)C(C)C. The maximum Gasteiger partial charge on any atom is 0.247 e. The molecule has 21 heavy (non-hydrogen) atoms. The molecule has 1 heterocycles. The van der Waals surface area contributed by atoms with E-state index in [1.54, 1.807) is 0 Å². The van der Waals surface area contributed by atoms with Crippen molar-refractivity contribution >= 4 is 16.9 Å². The molecule has 0 spiro atoms. The summed E-state index contributed by atoms with van der Waals surface area (Å²) in [4.78, 5) is 20.1. The van der Waals surface area contributed by atoms with E-state index in [0.29, 0.717) is 0 Å². The molecular weight excluding hydrogens is 262 g/mol. The van der Waals surface area contributed by atoms with Crippen LogP contribution in [-0.4, -0.2) is 15.9 Å². The highest BCUT2D eigenvalue weighted by Gasteiger charge is 2.22. The second-order valence-electron chi connectivity index (χ2n) is 5.63. The molecule has 4 nitrogen and oxygen atoms in total. The zero-order valence-corrected chi connectivity index (χ0v) is 13.1. The number of para-hydroxylation sites is 2. The Kier molecular flexibility index (Phi) is 4.78. The molecule has 1 aromatic heterocycles. The molecule has 0 saturated heterocycles. The van der Waals surface area contributed by atoms with Gasteiger partial charge in [0, 0.05) is 5.57 Å². The molecular formula is C17H23N3O. The zero-order valence-electron chi connectivity index (χ0n) is 13.1. The predicted molar refractivity (Wildman–Crippen MR) is 85.9 cm³/mol. The van der Waals surface area contributed by atoms with Crippen molar-refractivity contribution in [3.05, 3.63) is 41.7 Å². The van der Waals surface area contributed by atoms with Crippen LogP contribution in [0, 0.1) is 5.92 Å². The summed E-state index contributed by atoms with van der Waals surface area (Å²) in [5, 5.41) is 3.08.